The number of non-ortho nitro benzene ring substituents is 1. The van der Waals surface area contributed by atoms with E-state index in [1.54, 1.807) is 13.0 Å². The van der Waals surface area contributed by atoms with Crippen LogP contribution in [0.25, 0.3) is 6.08 Å². The molecular formula is C15H19N3O4. The highest BCUT2D eigenvalue weighted by atomic mass is 16.6. The molecule has 118 valence electrons. The molecule has 22 heavy (non-hydrogen) atoms. The van der Waals surface area contributed by atoms with Gasteiger partial charge in [-0.2, -0.15) is 0 Å². The number of rotatable bonds is 7. The van der Waals surface area contributed by atoms with Crippen molar-refractivity contribution in [2.75, 3.05) is 6.54 Å². The molecule has 0 saturated carbocycles. The van der Waals surface area contributed by atoms with E-state index in [0.717, 1.165) is 6.42 Å². The van der Waals surface area contributed by atoms with Crippen molar-refractivity contribution in [1.82, 2.24) is 10.6 Å². The molecule has 1 aromatic carbocycles. The van der Waals surface area contributed by atoms with Crippen LogP contribution < -0.4 is 10.6 Å². The molecule has 0 aromatic heterocycles. The van der Waals surface area contributed by atoms with E-state index in [1.165, 1.54) is 30.4 Å². The Hall–Kier alpha value is -2.70. The van der Waals surface area contributed by atoms with Crippen LogP contribution in [-0.4, -0.2) is 29.3 Å². The molecule has 0 heterocycles. The standard InChI is InChI=1S/C15H19N3O4/c1-3-9-16-15(20)11(2)17-14(19)8-7-12-5-4-6-13(10-12)18(21)22/h4-8,10-11H,3,9H2,1-2H3,(H,16,20)(H,17,19). The largest absolute Gasteiger partial charge is 0.354 e. The molecule has 7 nitrogen and oxygen atoms in total. The number of nitrogens with zero attached hydrogens (tertiary/aromatic N) is 1. The molecule has 0 radical (unpaired) electrons. The number of carbonyl (C=O) groups excluding carboxylic acids is 2. The zero-order valence-corrected chi connectivity index (χ0v) is 12.5. The van der Waals surface area contributed by atoms with Crippen LogP contribution in [0, 0.1) is 10.1 Å². The first-order valence-corrected chi connectivity index (χ1v) is 6.94. The molecule has 0 bridgehead atoms. The van der Waals surface area contributed by atoms with Crippen LogP contribution in [-0.2, 0) is 9.59 Å². The number of carbonyl (C=O) groups is 2. The van der Waals surface area contributed by atoms with Crippen molar-refractivity contribution in [3.05, 3.63) is 46.0 Å². The fourth-order valence-electron chi connectivity index (χ4n) is 1.64. The lowest BCUT2D eigenvalue weighted by Crippen LogP contribution is -2.44. The van der Waals surface area contributed by atoms with E-state index in [0.29, 0.717) is 12.1 Å². The van der Waals surface area contributed by atoms with Crippen molar-refractivity contribution >= 4 is 23.6 Å². The van der Waals surface area contributed by atoms with Crippen LogP contribution >= 0.6 is 0 Å². The quantitative estimate of drug-likeness (QED) is 0.454. The van der Waals surface area contributed by atoms with Crippen molar-refractivity contribution in [2.45, 2.75) is 26.3 Å². The van der Waals surface area contributed by atoms with E-state index in [1.807, 2.05) is 6.92 Å². The number of nitro benzene ring substituents is 1. The lowest BCUT2D eigenvalue weighted by molar-refractivity contribution is -0.384. The summed E-state index contributed by atoms with van der Waals surface area (Å²) in [6.07, 6.45) is 3.51. The summed E-state index contributed by atoms with van der Waals surface area (Å²) in [5.41, 5.74) is 0.488. The molecule has 1 aromatic rings. The highest BCUT2D eigenvalue weighted by Crippen LogP contribution is 2.13. The number of benzene rings is 1. The van der Waals surface area contributed by atoms with Gasteiger partial charge in [0.25, 0.3) is 5.69 Å². The molecule has 2 N–H and O–H groups in total. The van der Waals surface area contributed by atoms with Crippen LogP contribution in [0.3, 0.4) is 0 Å². The lowest BCUT2D eigenvalue weighted by atomic mass is 10.2. The number of hydrogen-bond donors (Lipinski definition) is 2. The number of hydrogen-bond acceptors (Lipinski definition) is 4. The third-order valence-corrected chi connectivity index (χ3v) is 2.81. The highest BCUT2D eigenvalue weighted by Gasteiger charge is 2.13. The molecule has 0 spiro atoms. The van der Waals surface area contributed by atoms with Gasteiger partial charge in [-0.15, -0.1) is 0 Å². The van der Waals surface area contributed by atoms with Crippen molar-refractivity contribution in [3.8, 4) is 0 Å². The zero-order chi connectivity index (χ0) is 16.5. The van der Waals surface area contributed by atoms with Crippen molar-refractivity contribution < 1.29 is 14.5 Å². The molecule has 0 aliphatic carbocycles. The first-order chi connectivity index (χ1) is 10.4. The van der Waals surface area contributed by atoms with Gasteiger partial charge in [0.05, 0.1) is 4.92 Å². The van der Waals surface area contributed by atoms with Gasteiger partial charge in [0.2, 0.25) is 11.8 Å². The number of nitro groups is 1. The summed E-state index contributed by atoms with van der Waals surface area (Å²) < 4.78 is 0. The third-order valence-electron chi connectivity index (χ3n) is 2.81. The Kier molecular flexibility index (Phi) is 6.75. The molecule has 1 unspecified atom stereocenters. The smallest absolute Gasteiger partial charge is 0.270 e. The maximum atomic E-state index is 11.7. The van der Waals surface area contributed by atoms with Crippen molar-refractivity contribution in [3.63, 3.8) is 0 Å². The van der Waals surface area contributed by atoms with Gasteiger partial charge < -0.3 is 10.6 Å². The van der Waals surface area contributed by atoms with Gasteiger partial charge in [-0.05, 0) is 25.0 Å². The summed E-state index contributed by atoms with van der Waals surface area (Å²) in [5, 5.41) is 15.9. The van der Waals surface area contributed by atoms with E-state index in [-0.39, 0.29) is 11.6 Å². The minimum Gasteiger partial charge on any atom is -0.354 e. The second-order valence-corrected chi connectivity index (χ2v) is 4.71. The minimum atomic E-state index is -0.645. The van der Waals surface area contributed by atoms with Crippen molar-refractivity contribution in [2.24, 2.45) is 0 Å². The number of amides is 2. The first kappa shape index (κ1) is 17.4. The summed E-state index contributed by atoms with van der Waals surface area (Å²) in [7, 11) is 0. The molecule has 0 aliphatic rings. The SMILES string of the molecule is CCCNC(=O)C(C)NC(=O)C=Cc1cccc([N+](=O)[O-])c1. The molecule has 0 saturated heterocycles. The molecule has 1 atom stereocenters. The van der Waals surface area contributed by atoms with Gasteiger partial charge >= 0.3 is 0 Å². The molecular weight excluding hydrogens is 286 g/mol. The second kappa shape index (κ2) is 8.56. The lowest BCUT2D eigenvalue weighted by Gasteiger charge is -2.12. The fraction of sp³-hybridized carbons (Fsp3) is 0.333. The average molecular weight is 305 g/mol. The third kappa shape index (κ3) is 5.74. The van der Waals surface area contributed by atoms with Crippen LogP contribution in [0.2, 0.25) is 0 Å². The Morgan fingerprint density at radius 1 is 1.41 bits per heavy atom. The van der Waals surface area contributed by atoms with Gasteiger partial charge in [0.15, 0.2) is 0 Å². The van der Waals surface area contributed by atoms with E-state index < -0.39 is 16.9 Å². The predicted octanol–water partition coefficient (Wildman–Crippen LogP) is 1.64. The van der Waals surface area contributed by atoms with Gasteiger partial charge in [-0.3, -0.25) is 19.7 Å². The normalized spacial score (nSPS) is 11.9. The maximum absolute atomic E-state index is 11.7. The summed E-state index contributed by atoms with van der Waals surface area (Å²) in [4.78, 5) is 33.5. The molecule has 0 fully saturated rings. The van der Waals surface area contributed by atoms with E-state index >= 15 is 0 Å². The highest BCUT2D eigenvalue weighted by molar-refractivity contribution is 5.95. The topological polar surface area (TPSA) is 101 Å². The van der Waals surface area contributed by atoms with Crippen LogP contribution in [0.15, 0.2) is 30.3 Å². The van der Waals surface area contributed by atoms with E-state index in [2.05, 4.69) is 10.6 Å². The Morgan fingerprint density at radius 3 is 2.77 bits per heavy atom. The summed E-state index contributed by atoms with van der Waals surface area (Å²) in [6, 6.07) is 5.28. The maximum Gasteiger partial charge on any atom is 0.270 e. The van der Waals surface area contributed by atoms with Gasteiger partial charge in [0.1, 0.15) is 6.04 Å². The molecule has 7 heteroatoms. The van der Waals surface area contributed by atoms with Crippen LogP contribution in [0.5, 0.6) is 0 Å². The fourth-order valence-corrected chi connectivity index (χ4v) is 1.64. The Balaban J connectivity index is 2.59. The van der Waals surface area contributed by atoms with Crippen LogP contribution in [0.1, 0.15) is 25.8 Å². The van der Waals surface area contributed by atoms with Gasteiger partial charge in [0, 0.05) is 24.8 Å². The van der Waals surface area contributed by atoms with Gasteiger partial charge in [-0.25, -0.2) is 0 Å². The average Bonchev–Trinajstić information content (AvgIpc) is 2.50. The molecule has 2 amide bonds. The molecule has 0 aliphatic heterocycles. The monoisotopic (exact) mass is 305 g/mol. The van der Waals surface area contributed by atoms with E-state index in [9.17, 15) is 19.7 Å². The predicted molar refractivity (Wildman–Crippen MR) is 83.0 cm³/mol. The number of nitrogens with one attached hydrogen (secondary N) is 2. The Labute approximate surface area is 128 Å². The van der Waals surface area contributed by atoms with E-state index in [4.69, 9.17) is 0 Å². The summed E-state index contributed by atoms with van der Waals surface area (Å²) in [5.74, 6) is -0.690. The Morgan fingerprint density at radius 2 is 2.14 bits per heavy atom. The Bertz CT molecular complexity index is 584. The second-order valence-electron chi connectivity index (χ2n) is 4.71. The van der Waals surface area contributed by atoms with Gasteiger partial charge in [-0.1, -0.05) is 19.1 Å². The van der Waals surface area contributed by atoms with Crippen molar-refractivity contribution in [1.29, 1.82) is 0 Å². The summed E-state index contributed by atoms with van der Waals surface area (Å²) >= 11 is 0. The minimum absolute atomic E-state index is 0.0464. The molecule has 1 rings (SSSR count). The summed E-state index contributed by atoms with van der Waals surface area (Å²) in [6.45, 7) is 4.08. The zero-order valence-electron chi connectivity index (χ0n) is 12.5. The van der Waals surface area contributed by atoms with Crippen LogP contribution in [0.4, 0.5) is 5.69 Å². The first-order valence-electron chi connectivity index (χ1n) is 6.94.